The molecule has 3 nitrogen and oxygen atoms in total. The summed E-state index contributed by atoms with van der Waals surface area (Å²) in [6.07, 6.45) is 3.35. The van der Waals surface area contributed by atoms with Crippen molar-refractivity contribution in [2.45, 2.75) is 47.0 Å². The van der Waals surface area contributed by atoms with Crippen molar-refractivity contribution in [3.63, 3.8) is 0 Å². The van der Waals surface area contributed by atoms with E-state index in [-0.39, 0.29) is 11.7 Å². The molecule has 0 spiro atoms. The van der Waals surface area contributed by atoms with Crippen LogP contribution in [0.3, 0.4) is 0 Å². The second-order valence-corrected chi connectivity index (χ2v) is 7.29. The van der Waals surface area contributed by atoms with Gasteiger partial charge in [-0.1, -0.05) is 20.8 Å². The van der Waals surface area contributed by atoms with Gasteiger partial charge in [0.25, 0.3) is 5.91 Å². The molecule has 116 valence electrons. The van der Waals surface area contributed by atoms with Crippen LogP contribution < -0.4 is 0 Å². The van der Waals surface area contributed by atoms with Gasteiger partial charge in [0.1, 0.15) is 5.75 Å². The zero-order chi connectivity index (χ0) is 15.6. The number of phenols is 1. The number of benzene rings is 1. The van der Waals surface area contributed by atoms with Gasteiger partial charge in [0.15, 0.2) is 0 Å². The molecule has 0 aliphatic carbocycles. The number of aromatic hydroxyl groups is 1. The van der Waals surface area contributed by atoms with E-state index in [1.54, 1.807) is 18.2 Å². The third-order valence-electron chi connectivity index (χ3n) is 4.68. The molecule has 2 rings (SSSR count). The third kappa shape index (κ3) is 3.78. The Balaban J connectivity index is 2.08. The first kappa shape index (κ1) is 15.9. The Kier molecular flexibility index (Phi) is 4.60. The molecule has 1 atom stereocenters. The fourth-order valence-electron chi connectivity index (χ4n) is 3.14. The molecule has 1 fully saturated rings. The number of hydrogen-bond donors (Lipinski definition) is 1. The fraction of sp³-hybridized carbons (Fsp3) is 0.611. The van der Waals surface area contributed by atoms with Crippen molar-refractivity contribution < 1.29 is 9.90 Å². The van der Waals surface area contributed by atoms with Crippen LogP contribution in [0.4, 0.5) is 0 Å². The smallest absolute Gasteiger partial charge is 0.253 e. The molecule has 21 heavy (non-hydrogen) atoms. The number of likely N-dealkylation sites (tertiary alicyclic amines) is 1. The predicted molar refractivity (Wildman–Crippen MR) is 85.5 cm³/mol. The number of hydrogen-bond acceptors (Lipinski definition) is 2. The van der Waals surface area contributed by atoms with Gasteiger partial charge in [-0.2, -0.15) is 0 Å². The molecule has 3 heteroatoms. The molecule has 1 amide bonds. The zero-order valence-corrected chi connectivity index (χ0v) is 13.6. The molecule has 1 aliphatic rings. The maximum Gasteiger partial charge on any atom is 0.253 e. The van der Waals surface area contributed by atoms with E-state index in [1.807, 2.05) is 11.8 Å². The van der Waals surface area contributed by atoms with Gasteiger partial charge in [-0.3, -0.25) is 4.79 Å². The van der Waals surface area contributed by atoms with Gasteiger partial charge < -0.3 is 10.0 Å². The maximum absolute atomic E-state index is 12.6. The van der Waals surface area contributed by atoms with Crippen molar-refractivity contribution in [1.82, 2.24) is 4.90 Å². The SMILES string of the molecule is Cc1cc(C(=O)N2CCCC(C(C)(C)C)CC2)ccc1O. The fourth-order valence-corrected chi connectivity index (χ4v) is 3.14. The molecule has 1 N–H and O–H groups in total. The lowest BCUT2D eigenvalue weighted by Crippen LogP contribution is -2.32. The van der Waals surface area contributed by atoms with Crippen LogP contribution in [-0.2, 0) is 0 Å². The topological polar surface area (TPSA) is 40.5 Å². The number of rotatable bonds is 1. The van der Waals surface area contributed by atoms with E-state index < -0.39 is 0 Å². The van der Waals surface area contributed by atoms with Crippen LogP contribution in [0.2, 0.25) is 0 Å². The van der Waals surface area contributed by atoms with Crippen LogP contribution in [-0.4, -0.2) is 29.0 Å². The molecule has 1 saturated heterocycles. The summed E-state index contributed by atoms with van der Waals surface area (Å²) in [5, 5.41) is 9.58. The zero-order valence-electron chi connectivity index (χ0n) is 13.6. The van der Waals surface area contributed by atoms with Crippen LogP contribution >= 0.6 is 0 Å². The third-order valence-corrected chi connectivity index (χ3v) is 4.68. The maximum atomic E-state index is 12.6. The largest absolute Gasteiger partial charge is 0.508 e. The van der Waals surface area contributed by atoms with Crippen LogP contribution in [0.25, 0.3) is 0 Å². The van der Waals surface area contributed by atoms with E-state index in [0.717, 1.165) is 31.5 Å². The van der Waals surface area contributed by atoms with Crippen LogP contribution in [0.5, 0.6) is 5.75 Å². The van der Waals surface area contributed by atoms with Crippen molar-refractivity contribution >= 4 is 5.91 Å². The highest BCUT2D eigenvalue weighted by molar-refractivity contribution is 5.94. The van der Waals surface area contributed by atoms with Crippen molar-refractivity contribution in [1.29, 1.82) is 0 Å². The molecule has 1 heterocycles. The summed E-state index contributed by atoms with van der Waals surface area (Å²) in [5.41, 5.74) is 1.75. The quantitative estimate of drug-likeness (QED) is 0.849. The number of nitrogens with zero attached hydrogens (tertiary/aromatic N) is 1. The van der Waals surface area contributed by atoms with Crippen molar-refractivity contribution in [2.75, 3.05) is 13.1 Å². The normalized spacial score (nSPS) is 20.2. The first-order valence-corrected chi connectivity index (χ1v) is 7.88. The van der Waals surface area contributed by atoms with Crippen molar-refractivity contribution in [3.8, 4) is 5.75 Å². The standard InChI is InChI=1S/C18H27NO2/c1-13-12-14(7-8-16(13)20)17(21)19-10-5-6-15(9-11-19)18(2,3)4/h7-8,12,15,20H,5-6,9-11H2,1-4H3. The first-order chi connectivity index (χ1) is 9.79. The second kappa shape index (κ2) is 6.08. The lowest BCUT2D eigenvalue weighted by atomic mass is 9.77. The van der Waals surface area contributed by atoms with Crippen molar-refractivity contribution in [2.24, 2.45) is 11.3 Å². The summed E-state index contributed by atoms with van der Waals surface area (Å²) in [6.45, 7) is 10.4. The lowest BCUT2D eigenvalue weighted by Gasteiger charge is -2.29. The van der Waals surface area contributed by atoms with Gasteiger partial charge >= 0.3 is 0 Å². The van der Waals surface area contributed by atoms with Gasteiger partial charge in [-0.05, 0) is 61.3 Å². The minimum atomic E-state index is 0.0904. The lowest BCUT2D eigenvalue weighted by molar-refractivity contribution is 0.0755. The summed E-state index contributed by atoms with van der Waals surface area (Å²) in [6, 6.07) is 5.11. The highest BCUT2D eigenvalue weighted by Gasteiger charge is 2.28. The average molecular weight is 289 g/mol. The second-order valence-electron chi connectivity index (χ2n) is 7.29. The minimum Gasteiger partial charge on any atom is -0.508 e. The highest BCUT2D eigenvalue weighted by Crippen LogP contribution is 2.34. The predicted octanol–water partition coefficient (Wildman–Crippen LogP) is 3.99. The Morgan fingerprint density at radius 3 is 2.57 bits per heavy atom. The van der Waals surface area contributed by atoms with Gasteiger partial charge in [-0.25, -0.2) is 0 Å². The van der Waals surface area contributed by atoms with Gasteiger partial charge in [0.2, 0.25) is 0 Å². The Hall–Kier alpha value is -1.51. The molecule has 0 radical (unpaired) electrons. The summed E-state index contributed by atoms with van der Waals surface area (Å²) in [5.74, 6) is 1.01. The molecule has 1 aromatic carbocycles. The molecule has 1 aliphatic heterocycles. The number of carbonyl (C=O) groups is 1. The molecule has 0 bridgehead atoms. The molecule has 1 unspecified atom stereocenters. The van der Waals surface area contributed by atoms with Crippen molar-refractivity contribution in [3.05, 3.63) is 29.3 Å². The Morgan fingerprint density at radius 1 is 1.24 bits per heavy atom. The monoisotopic (exact) mass is 289 g/mol. The number of phenolic OH excluding ortho intramolecular Hbond substituents is 1. The van der Waals surface area contributed by atoms with Crippen LogP contribution in [0.1, 0.15) is 56.0 Å². The van der Waals surface area contributed by atoms with E-state index >= 15 is 0 Å². The summed E-state index contributed by atoms with van der Waals surface area (Å²) < 4.78 is 0. The van der Waals surface area contributed by atoms with E-state index in [1.165, 1.54) is 6.42 Å². The Morgan fingerprint density at radius 2 is 1.95 bits per heavy atom. The number of amides is 1. The Labute approximate surface area is 128 Å². The average Bonchev–Trinajstić information content (AvgIpc) is 2.66. The summed E-state index contributed by atoms with van der Waals surface area (Å²) in [4.78, 5) is 14.6. The number of aryl methyl sites for hydroxylation is 1. The van der Waals surface area contributed by atoms with Crippen LogP contribution in [0, 0.1) is 18.3 Å². The van der Waals surface area contributed by atoms with Gasteiger partial charge in [0, 0.05) is 18.7 Å². The summed E-state index contributed by atoms with van der Waals surface area (Å²) in [7, 11) is 0. The molecule has 0 aromatic heterocycles. The summed E-state index contributed by atoms with van der Waals surface area (Å²) >= 11 is 0. The van der Waals surface area contributed by atoms with E-state index in [2.05, 4.69) is 20.8 Å². The Bertz CT molecular complexity index is 516. The molecular formula is C18H27NO2. The van der Waals surface area contributed by atoms with Gasteiger partial charge in [-0.15, -0.1) is 0 Å². The first-order valence-electron chi connectivity index (χ1n) is 7.88. The van der Waals surface area contributed by atoms with E-state index in [9.17, 15) is 9.90 Å². The van der Waals surface area contributed by atoms with Crippen LogP contribution in [0.15, 0.2) is 18.2 Å². The minimum absolute atomic E-state index is 0.0904. The molecule has 0 saturated carbocycles. The van der Waals surface area contributed by atoms with E-state index in [4.69, 9.17) is 0 Å². The molecule has 1 aromatic rings. The van der Waals surface area contributed by atoms with E-state index in [0.29, 0.717) is 16.9 Å². The highest BCUT2D eigenvalue weighted by atomic mass is 16.3. The molecular weight excluding hydrogens is 262 g/mol. The van der Waals surface area contributed by atoms with Gasteiger partial charge in [0.05, 0.1) is 0 Å². The number of carbonyl (C=O) groups excluding carboxylic acids is 1.